The summed E-state index contributed by atoms with van der Waals surface area (Å²) in [7, 11) is 1.64. The number of nitrogens with one attached hydrogen (secondary N) is 1. The molecule has 5 heteroatoms. The van der Waals surface area contributed by atoms with E-state index in [1.165, 1.54) is 0 Å². The Kier molecular flexibility index (Phi) is 7.01. The number of benzene rings is 1. The first-order chi connectivity index (χ1) is 8.74. The van der Waals surface area contributed by atoms with Crippen molar-refractivity contribution < 1.29 is 19.4 Å². The van der Waals surface area contributed by atoms with E-state index in [2.05, 4.69) is 5.32 Å². The first-order valence-corrected chi connectivity index (χ1v) is 5.83. The van der Waals surface area contributed by atoms with Crippen LogP contribution in [0.15, 0.2) is 24.3 Å². The lowest BCUT2D eigenvalue weighted by atomic mass is 10.1. The number of hydrogen-bond donors (Lipinski definition) is 2. The first-order valence-electron chi connectivity index (χ1n) is 5.83. The van der Waals surface area contributed by atoms with Crippen molar-refractivity contribution >= 4 is 5.97 Å². The Morgan fingerprint density at radius 3 is 2.89 bits per heavy atom. The van der Waals surface area contributed by atoms with Gasteiger partial charge in [0.05, 0.1) is 25.4 Å². The monoisotopic (exact) mass is 253 g/mol. The normalized spacial score (nSPS) is 10.5. The van der Waals surface area contributed by atoms with Crippen molar-refractivity contribution in [3.63, 3.8) is 0 Å². The number of aromatic carboxylic acids is 1. The molecule has 0 atom stereocenters. The fraction of sp³-hybridized carbons (Fsp3) is 0.462. The molecular formula is C13H19NO4. The predicted octanol–water partition coefficient (Wildman–Crippen LogP) is 1.14. The third-order valence-corrected chi connectivity index (χ3v) is 2.36. The molecule has 0 heterocycles. The maximum atomic E-state index is 10.8. The molecule has 18 heavy (non-hydrogen) atoms. The van der Waals surface area contributed by atoms with Crippen LogP contribution in [-0.4, -0.2) is 44.6 Å². The van der Waals surface area contributed by atoms with Crippen LogP contribution in [0.4, 0.5) is 0 Å². The highest BCUT2D eigenvalue weighted by atomic mass is 16.5. The Hall–Kier alpha value is -1.43. The van der Waals surface area contributed by atoms with E-state index in [9.17, 15) is 4.79 Å². The van der Waals surface area contributed by atoms with Crippen molar-refractivity contribution in [1.29, 1.82) is 0 Å². The Bertz CT molecular complexity index is 368. The second-order valence-corrected chi connectivity index (χ2v) is 3.79. The van der Waals surface area contributed by atoms with E-state index in [1.54, 1.807) is 25.3 Å². The maximum absolute atomic E-state index is 10.8. The van der Waals surface area contributed by atoms with Gasteiger partial charge in [0.1, 0.15) is 0 Å². The van der Waals surface area contributed by atoms with Crippen LogP contribution in [0.25, 0.3) is 0 Å². The molecule has 0 aliphatic heterocycles. The Balaban J connectivity index is 2.19. The lowest BCUT2D eigenvalue weighted by Gasteiger charge is -2.06. The molecule has 0 aliphatic rings. The van der Waals surface area contributed by atoms with E-state index in [1.807, 2.05) is 6.07 Å². The van der Waals surface area contributed by atoms with Crippen molar-refractivity contribution in [2.24, 2.45) is 0 Å². The van der Waals surface area contributed by atoms with E-state index in [0.29, 0.717) is 31.9 Å². The van der Waals surface area contributed by atoms with Gasteiger partial charge in [-0.25, -0.2) is 4.79 Å². The van der Waals surface area contributed by atoms with E-state index in [4.69, 9.17) is 14.6 Å². The first kappa shape index (κ1) is 14.6. The fourth-order valence-electron chi connectivity index (χ4n) is 1.44. The summed E-state index contributed by atoms with van der Waals surface area (Å²) in [5.41, 5.74) is 1.26. The van der Waals surface area contributed by atoms with Gasteiger partial charge in [-0.3, -0.25) is 0 Å². The highest BCUT2D eigenvalue weighted by Crippen LogP contribution is 2.04. The van der Waals surface area contributed by atoms with Crippen molar-refractivity contribution in [3.05, 3.63) is 35.4 Å². The van der Waals surface area contributed by atoms with Crippen molar-refractivity contribution in [2.45, 2.75) is 6.54 Å². The number of carbonyl (C=O) groups is 1. The lowest BCUT2D eigenvalue weighted by Crippen LogP contribution is -2.20. The number of hydrogen-bond acceptors (Lipinski definition) is 4. The molecule has 0 unspecified atom stereocenters. The van der Waals surface area contributed by atoms with E-state index in [-0.39, 0.29) is 0 Å². The summed E-state index contributed by atoms with van der Waals surface area (Å²) in [6.07, 6.45) is 0. The van der Waals surface area contributed by atoms with E-state index >= 15 is 0 Å². The van der Waals surface area contributed by atoms with Crippen LogP contribution >= 0.6 is 0 Å². The van der Waals surface area contributed by atoms with Crippen LogP contribution in [0.1, 0.15) is 15.9 Å². The molecule has 0 fully saturated rings. The SMILES string of the molecule is COCCOCCNCc1cccc(C(=O)O)c1. The minimum atomic E-state index is -0.903. The number of methoxy groups -OCH3 is 1. The molecule has 1 rings (SSSR count). The topological polar surface area (TPSA) is 67.8 Å². The molecular weight excluding hydrogens is 234 g/mol. The van der Waals surface area contributed by atoms with Gasteiger partial charge in [-0.05, 0) is 17.7 Å². The van der Waals surface area contributed by atoms with Crippen LogP contribution < -0.4 is 5.32 Å². The van der Waals surface area contributed by atoms with Crippen LogP contribution in [0.2, 0.25) is 0 Å². The Labute approximate surface area is 107 Å². The smallest absolute Gasteiger partial charge is 0.335 e. The molecule has 0 saturated heterocycles. The summed E-state index contributed by atoms with van der Waals surface area (Å²) in [5.74, 6) is -0.903. The maximum Gasteiger partial charge on any atom is 0.335 e. The van der Waals surface area contributed by atoms with Crippen LogP contribution in [0, 0.1) is 0 Å². The number of carboxylic acid groups (broad SMARTS) is 1. The molecule has 0 radical (unpaired) electrons. The zero-order valence-electron chi connectivity index (χ0n) is 10.5. The van der Waals surface area contributed by atoms with Gasteiger partial charge in [0.2, 0.25) is 0 Å². The fourth-order valence-corrected chi connectivity index (χ4v) is 1.44. The molecule has 1 aromatic carbocycles. The molecule has 5 nitrogen and oxygen atoms in total. The molecule has 0 bridgehead atoms. The highest BCUT2D eigenvalue weighted by Gasteiger charge is 2.02. The summed E-state index contributed by atoms with van der Waals surface area (Å²) in [6, 6.07) is 6.89. The van der Waals surface area contributed by atoms with Crippen molar-refractivity contribution in [3.8, 4) is 0 Å². The third-order valence-electron chi connectivity index (χ3n) is 2.36. The van der Waals surface area contributed by atoms with Gasteiger partial charge in [0.15, 0.2) is 0 Å². The lowest BCUT2D eigenvalue weighted by molar-refractivity contribution is 0.0696. The Morgan fingerprint density at radius 1 is 1.33 bits per heavy atom. The summed E-state index contributed by atoms with van der Waals surface area (Å²) in [6.45, 7) is 3.16. The summed E-state index contributed by atoms with van der Waals surface area (Å²) in [5, 5.41) is 12.0. The van der Waals surface area contributed by atoms with Crippen LogP contribution in [0.3, 0.4) is 0 Å². The molecule has 100 valence electrons. The van der Waals surface area contributed by atoms with E-state index < -0.39 is 5.97 Å². The Morgan fingerprint density at radius 2 is 2.17 bits per heavy atom. The molecule has 0 amide bonds. The van der Waals surface area contributed by atoms with Gasteiger partial charge in [0.25, 0.3) is 0 Å². The van der Waals surface area contributed by atoms with Crippen LogP contribution in [-0.2, 0) is 16.0 Å². The second kappa shape index (κ2) is 8.63. The van der Waals surface area contributed by atoms with Gasteiger partial charge in [-0.1, -0.05) is 12.1 Å². The summed E-state index contributed by atoms with van der Waals surface area (Å²) < 4.78 is 10.1. The number of rotatable bonds is 9. The number of ether oxygens (including phenoxy) is 2. The van der Waals surface area contributed by atoms with E-state index in [0.717, 1.165) is 12.1 Å². The highest BCUT2D eigenvalue weighted by molar-refractivity contribution is 5.87. The molecule has 1 aromatic rings. The summed E-state index contributed by atoms with van der Waals surface area (Å²) >= 11 is 0. The largest absolute Gasteiger partial charge is 0.478 e. The summed E-state index contributed by atoms with van der Waals surface area (Å²) in [4.78, 5) is 10.8. The predicted molar refractivity (Wildman–Crippen MR) is 67.8 cm³/mol. The van der Waals surface area contributed by atoms with Crippen LogP contribution in [0.5, 0.6) is 0 Å². The van der Waals surface area contributed by atoms with Crippen molar-refractivity contribution in [2.75, 3.05) is 33.5 Å². The number of carboxylic acids is 1. The van der Waals surface area contributed by atoms with Gasteiger partial charge in [-0.15, -0.1) is 0 Å². The zero-order valence-corrected chi connectivity index (χ0v) is 10.5. The average molecular weight is 253 g/mol. The molecule has 0 aliphatic carbocycles. The average Bonchev–Trinajstić information content (AvgIpc) is 2.38. The minimum absolute atomic E-state index is 0.311. The minimum Gasteiger partial charge on any atom is -0.478 e. The molecule has 0 saturated carbocycles. The molecule has 0 aromatic heterocycles. The van der Waals surface area contributed by atoms with Crippen molar-refractivity contribution in [1.82, 2.24) is 5.32 Å². The van der Waals surface area contributed by atoms with Gasteiger partial charge in [0, 0.05) is 20.2 Å². The molecule has 2 N–H and O–H groups in total. The standard InChI is InChI=1S/C13H19NO4/c1-17-7-8-18-6-5-14-10-11-3-2-4-12(9-11)13(15)16/h2-4,9,14H,5-8,10H2,1H3,(H,15,16). The third kappa shape index (κ3) is 5.77. The van der Waals surface area contributed by atoms with Gasteiger partial charge < -0.3 is 19.9 Å². The van der Waals surface area contributed by atoms with Gasteiger partial charge in [-0.2, -0.15) is 0 Å². The zero-order chi connectivity index (χ0) is 13.2. The second-order valence-electron chi connectivity index (χ2n) is 3.79. The molecule has 0 spiro atoms. The van der Waals surface area contributed by atoms with Gasteiger partial charge >= 0.3 is 5.97 Å². The quantitative estimate of drug-likeness (QED) is 0.646.